The first-order valence-electron chi connectivity index (χ1n) is 8.04. The normalized spacial score (nSPS) is 21.9. The SMILES string of the molecule is CCC(C(=O)NC1CCCC1CN)c1cccc(C(F)(F)F)c1.Cl. The summed E-state index contributed by atoms with van der Waals surface area (Å²) in [6, 6.07) is 5.07. The van der Waals surface area contributed by atoms with Crippen molar-refractivity contribution in [1.82, 2.24) is 5.32 Å². The van der Waals surface area contributed by atoms with Gasteiger partial charge in [-0.3, -0.25) is 4.79 Å². The number of rotatable bonds is 5. The Bertz CT molecular complexity index is 551. The summed E-state index contributed by atoms with van der Waals surface area (Å²) in [5.41, 5.74) is 5.40. The van der Waals surface area contributed by atoms with Crippen LogP contribution in [0.2, 0.25) is 0 Å². The molecule has 0 aliphatic heterocycles. The second-order valence-electron chi connectivity index (χ2n) is 6.13. The molecule has 24 heavy (non-hydrogen) atoms. The van der Waals surface area contributed by atoms with E-state index in [1.165, 1.54) is 6.07 Å². The third-order valence-electron chi connectivity index (χ3n) is 4.63. The molecular weight excluding hydrogens is 341 g/mol. The number of nitrogens with two attached hydrogens (primary N) is 1. The zero-order chi connectivity index (χ0) is 17.0. The summed E-state index contributed by atoms with van der Waals surface area (Å²) in [4.78, 5) is 12.5. The highest BCUT2D eigenvalue weighted by Crippen LogP contribution is 2.32. The Morgan fingerprint density at radius 3 is 2.67 bits per heavy atom. The topological polar surface area (TPSA) is 55.1 Å². The number of halogens is 4. The van der Waals surface area contributed by atoms with Crippen LogP contribution in [0.5, 0.6) is 0 Å². The van der Waals surface area contributed by atoms with Crippen molar-refractivity contribution < 1.29 is 18.0 Å². The maximum absolute atomic E-state index is 12.8. The van der Waals surface area contributed by atoms with Crippen molar-refractivity contribution in [2.45, 2.75) is 50.7 Å². The van der Waals surface area contributed by atoms with Crippen LogP contribution in [0.1, 0.15) is 49.7 Å². The third kappa shape index (κ3) is 4.86. The third-order valence-corrected chi connectivity index (χ3v) is 4.63. The van der Waals surface area contributed by atoms with Gasteiger partial charge in [-0.25, -0.2) is 0 Å². The molecule has 0 saturated heterocycles. The average Bonchev–Trinajstić information content (AvgIpc) is 2.94. The maximum atomic E-state index is 12.8. The number of carbonyl (C=O) groups excluding carboxylic acids is 1. The molecule has 3 atom stereocenters. The van der Waals surface area contributed by atoms with Crippen LogP contribution < -0.4 is 11.1 Å². The van der Waals surface area contributed by atoms with Gasteiger partial charge in [-0.1, -0.05) is 31.5 Å². The van der Waals surface area contributed by atoms with E-state index < -0.39 is 17.7 Å². The average molecular weight is 365 g/mol. The van der Waals surface area contributed by atoms with Gasteiger partial charge in [0.05, 0.1) is 11.5 Å². The van der Waals surface area contributed by atoms with Gasteiger partial charge in [0.25, 0.3) is 0 Å². The molecule has 3 unspecified atom stereocenters. The summed E-state index contributed by atoms with van der Waals surface area (Å²) >= 11 is 0. The molecule has 3 nitrogen and oxygen atoms in total. The molecule has 0 spiro atoms. The van der Waals surface area contributed by atoms with Crippen molar-refractivity contribution in [2.24, 2.45) is 11.7 Å². The van der Waals surface area contributed by atoms with Crippen LogP contribution in [-0.4, -0.2) is 18.5 Å². The molecule has 0 bridgehead atoms. The Balaban J connectivity index is 0.00000288. The molecule has 1 aliphatic carbocycles. The number of benzene rings is 1. The number of hydrogen-bond acceptors (Lipinski definition) is 2. The number of amides is 1. The Morgan fingerprint density at radius 2 is 2.08 bits per heavy atom. The van der Waals surface area contributed by atoms with E-state index in [9.17, 15) is 18.0 Å². The van der Waals surface area contributed by atoms with Crippen molar-refractivity contribution in [2.75, 3.05) is 6.54 Å². The monoisotopic (exact) mass is 364 g/mol. The second-order valence-corrected chi connectivity index (χ2v) is 6.13. The second kappa shape index (κ2) is 8.72. The zero-order valence-corrected chi connectivity index (χ0v) is 14.4. The minimum absolute atomic E-state index is 0. The lowest BCUT2D eigenvalue weighted by atomic mass is 9.93. The van der Waals surface area contributed by atoms with Gasteiger partial charge in [-0.05, 0) is 43.4 Å². The van der Waals surface area contributed by atoms with Crippen molar-refractivity contribution in [3.63, 3.8) is 0 Å². The molecule has 136 valence electrons. The van der Waals surface area contributed by atoms with Crippen molar-refractivity contribution in [3.8, 4) is 0 Å². The van der Waals surface area contributed by atoms with Crippen molar-refractivity contribution in [1.29, 1.82) is 0 Å². The lowest BCUT2D eigenvalue weighted by Gasteiger charge is -2.23. The molecule has 1 aliphatic rings. The Morgan fingerprint density at radius 1 is 1.38 bits per heavy atom. The smallest absolute Gasteiger partial charge is 0.353 e. The first kappa shape index (κ1) is 20.8. The van der Waals surface area contributed by atoms with Crippen LogP contribution in [-0.2, 0) is 11.0 Å². The fraction of sp³-hybridized carbons (Fsp3) is 0.588. The van der Waals surface area contributed by atoms with Crippen molar-refractivity contribution in [3.05, 3.63) is 35.4 Å². The van der Waals surface area contributed by atoms with Gasteiger partial charge in [0.15, 0.2) is 0 Å². The van der Waals surface area contributed by atoms with Gasteiger partial charge in [-0.2, -0.15) is 13.2 Å². The maximum Gasteiger partial charge on any atom is 0.416 e. The highest BCUT2D eigenvalue weighted by molar-refractivity contribution is 5.85. The highest BCUT2D eigenvalue weighted by Gasteiger charge is 2.33. The number of alkyl halides is 3. The summed E-state index contributed by atoms with van der Waals surface area (Å²) < 4.78 is 38.5. The fourth-order valence-electron chi connectivity index (χ4n) is 3.30. The molecule has 1 aromatic rings. The Hall–Kier alpha value is -1.27. The standard InChI is InChI=1S/C17H23F3N2O.ClH/c1-2-14(11-5-3-7-13(9-11)17(18,19)20)16(23)22-15-8-4-6-12(15)10-21;/h3,5,7,9,12,14-15H,2,4,6,8,10,21H2,1H3,(H,22,23);1H. The molecular formula is C17H24ClF3N2O. The lowest BCUT2D eigenvalue weighted by molar-refractivity contribution is -0.137. The molecule has 0 radical (unpaired) electrons. The van der Waals surface area contributed by atoms with Gasteiger partial charge in [-0.15, -0.1) is 12.4 Å². The van der Waals surface area contributed by atoms with E-state index in [1.807, 2.05) is 0 Å². The minimum Gasteiger partial charge on any atom is -0.353 e. The van der Waals surface area contributed by atoms with Gasteiger partial charge in [0.2, 0.25) is 5.91 Å². The van der Waals surface area contributed by atoms with E-state index in [0.717, 1.165) is 31.4 Å². The highest BCUT2D eigenvalue weighted by atomic mass is 35.5. The Kier molecular flexibility index (Phi) is 7.55. The summed E-state index contributed by atoms with van der Waals surface area (Å²) in [6.07, 6.45) is -1.06. The first-order chi connectivity index (χ1) is 10.9. The van der Waals surface area contributed by atoms with E-state index in [-0.39, 0.29) is 30.3 Å². The predicted octanol–water partition coefficient (Wildman–Crippen LogP) is 3.86. The van der Waals surface area contributed by atoms with Gasteiger partial charge < -0.3 is 11.1 Å². The molecule has 1 amide bonds. The quantitative estimate of drug-likeness (QED) is 0.833. The van der Waals surface area contributed by atoms with E-state index in [2.05, 4.69) is 5.32 Å². The predicted molar refractivity (Wildman–Crippen MR) is 90.1 cm³/mol. The summed E-state index contributed by atoms with van der Waals surface area (Å²) in [6.45, 7) is 2.32. The molecule has 3 N–H and O–H groups in total. The molecule has 1 saturated carbocycles. The summed E-state index contributed by atoms with van der Waals surface area (Å²) in [5, 5.41) is 2.99. The Labute approximate surface area is 146 Å². The van der Waals surface area contributed by atoms with Crippen LogP contribution in [0.15, 0.2) is 24.3 Å². The molecule has 1 fully saturated rings. The fourth-order valence-corrected chi connectivity index (χ4v) is 3.30. The summed E-state index contributed by atoms with van der Waals surface area (Å²) in [7, 11) is 0. The molecule has 0 heterocycles. The van der Waals surface area contributed by atoms with E-state index >= 15 is 0 Å². The molecule has 0 aromatic heterocycles. The number of carbonyl (C=O) groups is 1. The van der Waals surface area contributed by atoms with Crippen LogP contribution in [0.25, 0.3) is 0 Å². The zero-order valence-electron chi connectivity index (χ0n) is 13.6. The van der Waals surface area contributed by atoms with Crippen LogP contribution in [0, 0.1) is 5.92 Å². The minimum atomic E-state index is -4.40. The van der Waals surface area contributed by atoms with Gasteiger partial charge in [0.1, 0.15) is 0 Å². The molecule has 1 aromatic carbocycles. The summed E-state index contributed by atoms with van der Waals surface area (Å²) in [5.74, 6) is -0.522. The molecule has 7 heteroatoms. The number of hydrogen-bond donors (Lipinski definition) is 2. The lowest BCUT2D eigenvalue weighted by Crippen LogP contribution is -2.42. The van der Waals surface area contributed by atoms with Gasteiger partial charge in [0, 0.05) is 6.04 Å². The van der Waals surface area contributed by atoms with E-state index in [1.54, 1.807) is 13.0 Å². The van der Waals surface area contributed by atoms with Crippen LogP contribution in [0.3, 0.4) is 0 Å². The van der Waals surface area contributed by atoms with Gasteiger partial charge >= 0.3 is 6.18 Å². The largest absolute Gasteiger partial charge is 0.416 e. The number of nitrogens with one attached hydrogen (secondary N) is 1. The van der Waals surface area contributed by atoms with Crippen LogP contribution >= 0.6 is 12.4 Å². The first-order valence-corrected chi connectivity index (χ1v) is 8.04. The van der Waals surface area contributed by atoms with E-state index in [4.69, 9.17) is 5.73 Å². The van der Waals surface area contributed by atoms with Crippen molar-refractivity contribution >= 4 is 18.3 Å². The van der Waals surface area contributed by atoms with E-state index in [0.29, 0.717) is 18.5 Å². The molecule has 2 rings (SSSR count). The van der Waals surface area contributed by atoms with Crippen LogP contribution in [0.4, 0.5) is 13.2 Å².